The lowest BCUT2D eigenvalue weighted by Gasteiger charge is -2.33. The summed E-state index contributed by atoms with van der Waals surface area (Å²) in [4.78, 5) is 25.6. The van der Waals surface area contributed by atoms with Crippen molar-refractivity contribution in [3.05, 3.63) is 29.3 Å². The smallest absolute Gasteiger partial charge is 0.303 e. The van der Waals surface area contributed by atoms with Crippen molar-refractivity contribution in [3.8, 4) is 0 Å². The van der Waals surface area contributed by atoms with E-state index in [4.69, 9.17) is 5.11 Å². The second kappa shape index (κ2) is 7.99. The van der Waals surface area contributed by atoms with E-state index < -0.39 is 15.8 Å². The minimum Gasteiger partial charge on any atom is -0.481 e. The fourth-order valence-electron chi connectivity index (χ4n) is 3.28. The monoisotopic (exact) mass is 367 g/mol. The van der Waals surface area contributed by atoms with Gasteiger partial charge in [0.2, 0.25) is 0 Å². The van der Waals surface area contributed by atoms with Gasteiger partial charge >= 0.3 is 5.97 Å². The number of piperidine rings is 1. The first-order valence-electron chi connectivity index (χ1n) is 8.56. The third-order valence-electron chi connectivity index (χ3n) is 4.69. The molecule has 1 aromatic rings. The molecule has 1 aromatic carbocycles. The molecule has 1 aliphatic rings. The Kier molecular flexibility index (Phi) is 6.21. The molecule has 1 aliphatic heterocycles. The summed E-state index contributed by atoms with van der Waals surface area (Å²) < 4.78 is 23.6. The van der Waals surface area contributed by atoms with Gasteiger partial charge in [-0.1, -0.05) is 13.0 Å². The zero-order valence-corrected chi connectivity index (χ0v) is 15.5. The van der Waals surface area contributed by atoms with E-state index in [1.807, 2.05) is 6.92 Å². The van der Waals surface area contributed by atoms with E-state index in [1.54, 1.807) is 11.0 Å². The van der Waals surface area contributed by atoms with Gasteiger partial charge in [0.05, 0.1) is 4.90 Å². The molecule has 1 amide bonds. The third kappa shape index (κ3) is 5.04. The Hall–Kier alpha value is -1.89. The second-order valence-corrected chi connectivity index (χ2v) is 8.65. The van der Waals surface area contributed by atoms with Gasteiger partial charge in [-0.25, -0.2) is 8.42 Å². The van der Waals surface area contributed by atoms with E-state index in [1.165, 1.54) is 12.1 Å². The number of carbonyl (C=O) groups is 2. The molecule has 0 spiro atoms. The molecule has 0 aliphatic carbocycles. The minimum atomic E-state index is -3.38. The topological polar surface area (TPSA) is 91.8 Å². The summed E-state index contributed by atoms with van der Waals surface area (Å²) in [6.45, 7) is 3.07. The van der Waals surface area contributed by atoms with Gasteiger partial charge in [-0.2, -0.15) is 0 Å². The van der Waals surface area contributed by atoms with Crippen LogP contribution in [0, 0.1) is 5.92 Å². The van der Waals surface area contributed by atoms with E-state index >= 15 is 0 Å². The van der Waals surface area contributed by atoms with Crippen LogP contribution in [0.5, 0.6) is 0 Å². The zero-order chi connectivity index (χ0) is 18.6. The summed E-state index contributed by atoms with van der Waals surface area (Å²) in [6.07, 6.45) is 4.19. The second-order valence-electron chi connectivity index (χ2n) is 6.64. The Labute approximate surface area is 148 Å². The summed E-state index contributed by atoms with van der Waals surface area (Å²) in [7, 11) is -3.38. The number of sulfone groups is 1. The summed E-state index contributed by atoms with van der Waals surface area (Å²) in [5.41, 5.74) is 1.26. The Morgan fingerprint density at radius 3 is 2.64 bits per heavy atom. The van der Waals surface area contributed by atoms with Crippen LogP contribution in [0.1, 0.15) is 48.5 Å². The highest BCUT2D eigenvalue weighted by molar-refractivity contribution is 7.90. The molecular formula is C18H25NO5S. The average molecular weight is 367 g/mol. The van der Waals surface area contributed by atoms with Crippen LogP contribution < -0.4 is 0 Å². The summed E-state index contributed by atoms with van der Waals surface area (Å²) in [5, 5.41) is 8.83. The summed E-state index contributed by atoms with van der Waals surface area (Å²) in [6, 6.07) is 4.71. The van der Waals surface area contributed by atoms with Crippen LogP contribution in [0.15, 0.2) is 23.1 Å². The summed E-state index contributed by atoms with van der Waals surface area (Å²) >= 11 is 0. The van der Waals surface area contributed by atoms with Crippen molar-refractivity contribution < 1.29 is 23.1 Å². The number of rotatable bonds is 6. The number of carboxylic acid groups (broad SMARTS) is 1. The molecule has 7 heteroatoms. The molecule has 0 aromatic heterocycles. The van der Waals surface area contributed by atoms with Gasteiger partial charge in [-0.3, -0.25) is 9.59 Å². The zero-order valence-electron chi connectivity index (χ0n) is 14.7. The first-order chi connectivity index (χ1) is 11.7. The summed E-state index contributed by atoms with van der Waals surface area (Å²) in [5.74, 6) is -0.808. The number of nitrogens with zero attached hydrogens (tertiary/aromatic N) is 1. The van der Waals surface area contributed by atoms with E-state index in [-0.39, 0.29) is 23.1 Å². The quantitative estimate of drug-likeness (QED) is 0.833. The minimum absolute atomic E-state index is 0.108. The van der Waals surface area contributed by atoms with Crippen LogP contribution in [0.2, 0.25) is 0 Å². The van der Waals surface area contributed by atoms with Crippen molar-refractivity contribution in [3.63, 3.8) is 0 Å². The number of carboxylic acids is 1. The fourth-order valence-corrected chi connectivity index (χ4v) is 3.92. The van der Waals surface area contributed by atoms with Crippen LogP contribution >= 0.6 is 0 Å². The molecule has 25 heavy (non-hydrogen) atoms. The number of hydrogen-bond donors (Lipinski definition) is 1. The van der Waals surface area contributed by atoms with Crippen LogP contribution in [0.25, 0.3) is 0 Å². The highest BCUT2D eigenvalue weighted by Gasteiger charge is 2.26. The first kappa shape index (κ1) is 19.4. The Bertz CT molecular complexity index is 757. The van der Waals surface area contributed by atoms with Gasteiger partial charge in [0.25, 0.3) is 5.91 Å². The molecule has 1 unspecified atom stereocenters. The fraction of sp³-hybridized carbons (Fsp3) is 0.556. The Morgan fingerprint density at radius 1 is 1.32 bits per heavy atom. The number of hydrogen-bond acceptors (Lipinski definition) is 4. The number of carbonyl (C=O) groups excluding carboxylic acids is 1. The number of aryl methyl sites for hydroxylation is 1. The maximum atomic E-state index is 13.0. The van der Waals surface area contributed by atoms with Crippen molar-refractivity contribution in [1.82, 2.24) is 4.90 Å². The van der Waals surface area contributed by atoms with Gasteiger partial charge < -0.3 is 10.0 Å². The van der Waals surface area contributed by atoms with Crippen molar-refractivity contribution in [2.45, 2.75) is 43.9 Å². The highest BCUT2D eigenvalue weighted by atomic mass is 32.2. The van der Waals surface area contributed by atoms with Crippen molar-refractivity contribution in [2.75, 3.05) is 19.3 Å². The van der Waals surface area contributed by atoms with Gasteiger partial charge in [-0.05, 0) is 49.3 Å². The normalized spacial score (nSPS) is 18.2. The molecule has 1 N–H and O–H groups in total. The van der Waals surface area contributed by atoms with Crippen LogP contribution in [-0.2, 0) is 21.1 Å². The van der Waals surface area contributed by atoms with Crippen LogP contribution in [0.4, 0.5) is 0 Å². The maximum absolute atomic E-state index is 13.0. The highest BCUT2D eigenvalue weighted by Crippen LogP contribution is 2.25. The number of aliphatic carboxylic acids is 1. The van der Waals surface area contributed by atoms with E-state index in [9.17, 15) is 18.0 Å². The van der Waals surface area contributed by atoms with Gasteiger partial charge in [0.1, 0.15) is 0 Å². The first-order valence-corrected chi connectivity index (χ1v) is 10.5. The Balaban J connectivity index is 2.22. The molecule has 0 radical (unpaired) electrons. The molecule has 6 nitrogen and oxygen atoms in total. The van der Waals surface area contributed by atoms with Gasteiger partial charge in [-0.15, -0.1) is 0 Å². The van der Waals surface area contributed by atoms with Gasteiger partial charge in [0, 0.05) is 31.3 Å². The molecule has 1 saturated heterocycles. The van der Waals surface area contributed by atoms with E-state index in [0.717, 1.165) is 24.7 Å². The lowest BCUT2D eigenvalue weighted by molar-refractivity contribution is -0.137. The van der Waals surface area contributed by atoms with E-state index in [0.29, 0.717) is 31.5 Å². The van der Waals surface area contributed by atoms with Crippen LogP contribution in [-0.4, -0.2) is 49.6 Å². The van der Waals surface area contributed by atoms with Crippen molar-refractivity contribution in [1.29, 1.82) is 0 Å². The third-order valence-corrected chi connectivity index (χ3v) is 5.80. The maximum Gasteiger partial charge on any atom is 0.303 e. The van der Waals surface area contributed by atoms with Crippen LogP contribution in [0.3, 0.4) is 0 Å². The largest absolute Gasteiger partial charge is 0.481 e. The van der Waals surface area contributed by atoms with Crippen molar-refractivity contribution >= 4 is 21.7 Å². The molecule has 1 atom stereocenters. The molecule has 2 rings (SSSR count). The molecule has 1 fully saturated rings. The van der Waals surface area contributed by atoms with Gasteiger partial charge in [0.15, 0.2) is 9.84 Å². The lowest BCUT2D eigenvalue weighted by Crippen LogP contribution is -2.40. The predicted octanol–water partition coefficient (Wildman–Crippen LogP) is 2.37. The molecular weight excluding hydrogens is 342 g/mol. The number of likely N-dealkylation sites (tertiary alicyclic amines) is 1. The van der Waals surface area contributed by atoms with Crippen molar-refractivity contribution in [2.24, 2.45) is 5.92 Å². The average Bonchev–Trinajstić information content (AvgIpc) is 2.58. The molecule has 0 bridgehead atoms. The lowest BCUT2D eigenvalue weighted by atomic mass is 9.92. The number of benzene rings is 1. The molecule has 0 saturated carbocycles. The predicted molar refractivity (Wildman–Crippen MR) is 94.4 cm³/mol. The standard InChI is InChI=1S/C18H25NO5S/c1-3-14-7-8-15(25(2,23)24)11-16(14)18(22)19-10-4-5-13(12-19)6-9-17(20)21/h7-8,11,13H,3-6,9-10,12H2,1-2H3,(H,20,21). The Morgan fingerprint density at radius 2 is 2.04 bits per heavy atom. The SMILES string of the molecule is CCc1ccc(S(C)(=O)=O)cc1C(=O)N1CCCC(CCC(=O)O)C1. The van der Waals surface area contributed by atoms with E-state index in [2.05, 4.69) is 0 Å². The number of amides is 1. The molecule has 1 heterocycles. The molecule has 138 valence electrons.